The van der Waals surface area contributed by atoms with Gasteiger partial charge in [-0.1, -0.05) is 19.1 Å². The Morgan fingerprint density at radius 2 is 1.83 bits per heavy atom. The quantitative estimate of drug-likeness (QED) is 0.780. The molecule has 0 unspecified atom stereocenters. The van der Waals surface area contributed by atoms with E-state index in [9.17, 15) is 13.2 Å². The van der Waals surface area contributed by atoms with E-state index in [4.69, 9.17) is 0 Å². The molecular formula is C13H16O4S. The van der Waals surface area contributed by atoms with Gasteiger partial charge in [-0.05, 0) is 37.0 Å². The first kappa shape index (κ1) is 13.1. The van der Waals surface area contributed by atoms with Gasteiger partial charge >= 0.3 is 5.97 Å². The molecule has 0 aliphatic heterocycles. The van der Waals surface area contributed by atoms with Gasteiger partial charge in [-0.25, -0.2) is 8.42 Å². The number of sulfone groups is 1. The lowest BCUT2D eigenvalue weighted by Crippen LogP contribution is -2.33. The third-order valence-corrected chi connectivity index (χ3v) is 5.91. The molecule has 98 valence electrons. The molecule has 1 aliphatic rings. The van der Waals surface area contributed by atoms with E-state index >= 15 is 0 Å². The predicted molar refractivity (Wildman–Crippen MR) is 67.0 cm³/mol. The Bertz CT molecular complexity index is 553. The van der Waals surface area contributed by atoms with Gasteiger partial charge < -0.3 is 4.74 Å². The van der Waals surface area contributed by atoms with Crippen LogP contribution in [-0.4, -0.2) is 26.2 Å². The number of methoxy groups -OCH3 is 1. The first-order chi connectivity index (χ1) is 8.48. The van der Waals surface area contributed by atoms with E-state index in [1.54, 1.807) is 24.3 Å². The van der Waals surface area contributed by atoms with Crippen LogP contribution in [0.15, 0.2) is 29.2 Å². The Morgan fingerprint density at radius 3 is 2.22 bits per heavy atom. The SMILES string of the molecule is CCc1ccc(S(=O)(=O)C2(C(=O)OC)CC2)cc1. The summed E-state index contributed by atoms with van der Waals surface area (Å²) in [6.07, 6.45) is 1.54. The fraction of sp³-hybridized carbons (Fsp3) is 0.462. The molecule has 1 saturated carbocycles. The van der Waals surface area contributed by atoms with Gasteiger partial charge in [0, 0.05) is 0 Å². The summed E-state index contributed by atoms with van der Waals surface area (Å²) in [7, 11) is -2.42. The molecular weight excluding hydrogens is 252 g/mol. The molecule has 1 aromatic carbocycles. The van der Waals surface area contributed by atoms with Crippen LogP contribution in [0.5, 0.6) is 0 Å². The molecule has 1 aromatic rings. The molecule has 1 aliphatic carbocycles. The minimum Gasteiger partial charge on any atom is -0.468 e. The van der Waals surface area contributed by atoms with Crippen LogP contribution >= 0.6 is 0 Å². The highest BCUT2D eigenvalue weighted by Crippen LogP contribution is 2.47. The number of aryl methyl sites for hydroxylation is 1. The molecule has 18 heavy (non-hydrogen) atoms. The molecule has 1 fully saturated rings. The zero-order chi connectivity index (χ0) is 13.4. The lowest BCUT2D eigenvalue weighted by atomic mass is 10.2. The van der Waals surface area contributed by atoms with Crippen molar-refractivity contribution in [2.75, 3.05) is 7.11 Å². The largest absolute Gasteiger partial charge is 0.468 e. The molecule has 5 heteroatoms. The maximum atomic E-state index is 12.4. The van der Waals surface area contributed by atoms with Gasteiger partial charge in [-0.3, -0.25) is 4.79 Å². The van der Waals surface area contributed by atoms with Crippen molar-refractivity contribution in [2.45, 2.75) is 35.8 Å². The number of esters is 1. The van der Waals surface area contributed by atoms with E-state index in [0.29, 0.717) is 12.8 Å². The lowest BCUT2D eigenvalue weighted by molar-refractivity contribution is -0.140. The second-order valence-electron chi connectivity index (χ2n) is 4.49. The Labute approximate surface area is 107 Å². The maximum absolute atomic E-state index is 12.4. The van der Waals surface area contributed by atoms with Gasteiger partial charge in [-0.2, -0.15) is 0 Å². The van der Waals surface area contributed by atoms with E-state index in [1.807, 2.05) is 6.92 Å². The smallest absolute Gasteiger partial charge is 0.327 e. The zero-order valence-electron chi connectivity index (χ0n) is 10.5. The van der Waals surface area contributed by atoms with Gasteiger partial charge in [-0.15, -0.1) is 0 Å². The number of benzene rings is 1. The summed E-state index contributed by atoms with van der Waals surface area (Å²) in [5.41, 5.74) is 1.07. The fourth-order valence-corrected chi connectivity index (χ4v) is 3.90. The summed E-state index contributed by atoms with van der Waals surface area (Å²) in [6, 6.07) is 6.69. The van der Waals surface area contributed by atoms with Crippen molar-refractivity contribution in [3.8, 4) is 0 Å². The third-order valence-electron chi connectivity index (χ3n) is 3.42. The molecule has 2 rings (SSSR count). The van der Waals surface area contributed by atoms with Gasteiger partial charge in [0.25, 0.3) is 0 Å². The molecule has 0 spiro atoms. The predicted octanol–water partition coefficient (Wildman–Crippen LogP) is 1.73. The first-order valence-electron chi connectivity index (χ1n) is 5.90. The second kappa shape index (κ2) is 4.39. The Balaban J connectivity index is 2.39. The molecule has 0 amide bonds. The normalized spacial score (nSPS) is 17.2. The van der Waals surface area contributed by atoms with E-state index in [1.165, 1.54) is 7.11 Å². The Hall–Kier alpha value is -1.36. The van der Waals surface area contributed by atoms with Crippen molar-refractivity contribution in [3.63, 3.8) is 0 Å². The minimum absolute atomic E-state index is 0.197. The third kappa shape index (κ3) is 1.82. The van der Waals surface area contributed by atoms with Gasteiger partial charge in [0.15, 0.2) is 14.6 Å². The summed E-state index contributed by atoms with van der Waals surface area (Å²) >= 11 is 0. The van der Waals surface area contributed by atoms with Gasteiger partial charge in [0.2, 0.25) is 0 Å². The number of rotatable bonds is 4. The standard InChI is InChI=1S/C13H16O4S/c1-3-10-4-6-11(7-5-10)18(15,16)13(8-9-13)12(14)17-2/h4-7H,3,8-9H2,1-2H3. The minimum atomic E-state index is -3.64. The van der Waals surface area contributed by atoms with Crippen molar-refractivity contribution >= 4 is 15.8 Å². The average Bonchev–Trinajstić information content (AvgIpc) is 3.19. The second-order valence-corrected chi connectivity index (χ2v) is 6.75. The van der Waals surface area contributed by atoms with Crippen LogP contribution in [-0.2, 0) is 25.8 Å². The van der Waals surface area contributed by atoms with Crippen LogP contribution in [0, 0.1) is 0 Å². The highest BCUT2D eigenvalue weighted by molar-refractivity contribution is 7.94. The van der Waals surface area contributed by atoms with Gasteiger partial charge in [0.1, 0.15) is 0 Å². The number of carbonyl (C=O) groups is 1. The molecule has 0 atom stereocenters. The number of ether oxygens (including phenoxy) is 1. The average molecular weight is 268 g/mol. The molecule has 0 radical (unpaired) electrons. The van der Waals surface area contributed by atoms with Gasteiger partial charge in [0.05, 0.1) is 12.0 Å². The van der Waals surface area contributed by atoms with Crippen LogP contribution in [0.1, 0.15) is 25.3 Å². The van der Waals surface area contributed by atoms with Crippen LogP contribution < -0.4 is 0 Å². The molecule has 0 saturated heterocycles. The van der Waals surface area contributed by atoms with Crippen molar-refractivity contribution in [1.82, 2.24) is 0 Å². The van der Waals surface area contributed by atoms with Crippen LogP contribution in [0.2, 0.25) is 0 Å². The van der Waals surface area contributed by atoms with Crippen LogP contribution in [0.3, 0.4) is 0 Å². The highest BCUT2D eigenvalue weighted by atomic mass is 32.2. The van der Waals surface area contributed by atoms with Crippen molar-refractivity contribution in [2.24, 2.45) is 0 Å². The summed E-state index contributed by atoms with van der Waals surface area (Å²) in [6.45, 7) is 2.00. The summed E-state index contributed by atoms with van der Waals surface area (Å²) in [5.74, 6) is -0.651. The first-order valence-corrected chi connectivity index (χ1v) is 7.38. The van der Waals surface area contributed by atoms with E-state index in [0.717, 1.165) is 12.0 Å². The highest BCUT2D eigenvalue weighted by Gasteiger charge is 2.62. The monoisotopic (exact) mass is 268 g/mol. The lowest BCUT2D eigenvalue weighted by Gasteiger charge is -2.14. The number of hydrogen-bond acceptors (Lipinski definition) is 4. The summed E-state index contributed by atoms with van der Waals surface area (Å²) < 4.78 is 28.1. The van der Waals surface area contributed by atoms with Crippen molar-refractivity contribution in [1.29, 1.82) is 0 Å². The molecule has 0 aromatic heterocycles. The van der Waals surface area contributed by atoms with Crippen molar-refractivity contribution < 1.29 is 17.9 Å². The van der Waals surface area contributed by atoms with E-state index < -0.39 is 20.6 Å². The van der Waals surface area contributed by atoms with E-state index in [-0.39, 0.29) is 4.90 Å². The van der Waals surface area contributed by atoms with Crippen LogP contribution in [0.4, 0.5) is 0 Å². The fourth-order valence-electron chi connectivity index (χ4n) is 2.01. The number of carbonyl (C=O) groups excluding carboxylic acids is 1. The zero-order valence-corrected chi connectivity index (χ0v) is 11.3. The Kier molecular flexibility index (Phi) is 3.19. The van der Waals surface area contributed by atoms with E-state index in [2.05, 4.69) is 4.74 Å². The molecule has 0 bridgehead atoms. The molecule has 4 nitrogen and oxygen atoms in total. The molecule has 0 heterocycles. The number of hydrogen-bond donors (Lipinski definition) is 0. The topological polar surface area (TPSA) is 60.4 Å². The van der Waals surface area contributed by atoms with Crippen molar-refractivity contribution in [3.05, 3.63) is 29.8 Å². The maximum Gasteiger partial charge on any atom is 0.327 e. The summed E-state index contributed by atoms with van der Waals surface area (Å²) in [4.78, 5) is 11.8. The molecule has 0 N–H and O–H groups in total. The Morgan fingerprint density at radius 1 is 1.28 bits per heavy atom. The van der Waals surface area contributed by atoms with Crippen LogP contribution in [0.25, 0.3) is 0 Å². The summed E-state index contributed by atoms with van der Waals surface area (Å²) in [5, 5.41) is 0.